The van der Waals surface area contributed by atoms with Crippen LogP contribution in [0.1, 0.15) is 11.6 Å². The van der Waals surface area contributed by atoms with Gasteiger partial charge >= 0.3 is 12.1 Å². The lowest BCUT2D eigenvalue weighted by molar-refractivity contribution is -0.188. The van der Waals surface area contributed by atoms with Crippen LogP contribution in [0.2, 0.25) is 0 Å². The first-order valence-electron chi connectivity index (χ1n) is 8.72. The number of amides is 1. The number of hydrogen-bond acceptors (Lipinski definition) is 3. The van der Waals surface area contributed by atoms with E-state index in [2.05, 4.69) is 5.32 Å². The number of likely N-dealkylation sites (tertiary alicyclic amines) is 1. The van der Waals surface area contributed by atoms with Crippen LogP contribution in [0.5, 0.6) is 0 Å². The largest absolute Gasteiger partial charge is 0.481 e. The van der Waals surface area contributed by atoms with Crippen molar-refractivity contribution in [2.45, 2.75) is 12.2 Å². The number of carboxylic acid groups (broad SMARTS) is 1. The molecule has 0 radical (unpaired) electrons. The zero-order chi connectivity index (χ0) is 20.3. The Morgan fingerprint density at radius 2 is 1.57 bits per heavy atom. The first kappa shape index (κ1) is 19.9. The van der Waals surface area contributed by atoms with Gasteiger partial charge in [0.25, 0.3) is 0 Å². The third kappa shape index (κ3) is 4.33. The third-order valence-electron chi connectivity index (χ3n) is 4.86. The summed E-state index contributed by atoms with van der Waals surface area (Å²) in [6.45, 7) is -0.913. The number of hydrogen-bond donors (Lipinski definition) is 2. The Kier molecular flexibility index (Phi) is 5.69. The molecule has 3 atom stereocenters. The molecule has 2 N–H and O–H groups in total. The predicted molar refractivity (Wildman–Crippen MR) is 96.5 cm³/mol. The molecule has 28 heavy (non-hydrogen) atoms. The van der Waals surface area contributed by atoms with Gasteiger partial charge in [-0.3, -0.25) is 14.5 Å². The van der Waals surface area contributed by atoms with E-state index < -0.39 is 42.5 Å². The van der Waals surface area contributed by atoms with E-state index in [0.29, 0.717) is 11.3 Å². The molecule has 1 aliphatic heterocycles. The van der Waals surface area contributed by atoms with Crippen LogP contribution >= 0.6 is 0 Å². The van der Waals surface area contributed by atoms with Crippen LogP contribution in [0.3, 0.4) is 0 Å². The van der Waals surface area contributed by atoms with Gasteiger partial charge in [-0.15, -0.1) is 0 Å². The minimum absolute atomic E-state index is 0.360. The van der Waals surface area contributed by atoms with Crippen LogP contribution in [0.25, 0.3) is 0 Å². The number of anilines is 1. The number of halogens is 3. The second-order valence-corrected chi connectivity index (χ2v) is 6.72. The Bertz CT molecular complexity index is 828. The summed E-state index contributed by atoms with van der Waals surface area (Å²) in [7, 11) is 0. The second-order valence-electron chi connectivity index (χ2n) is 6.72. The van der Waals surface area contributed by atoms with Crippen LogP contribution in [-0.2, 0) is 9.59 Å². The van der Waals surface area contributed by atoms with E-state index in [-0.39, 0.29) is 6.54 Å². The lowest BCUT2D eigenvalue weighted by Crippen LogP contribution is -2.37. The monoisotopic (exact) mass is 392 g/mol. The van der Waals surface area contributed by atoms with E-state index in [1.165, 1.54) is 4.90 Å². The standard InChI is InChI=1S/C20H19F3N2O3/c21-20(22,23)16-12-25(11-15(16)19(27)28)17(13-7-3-1-4-8-13)18(26)24-14-9-5-2-6-10-14/h1-10,15-17H,11-12H2,(H,24,26)(H,27,28)/t15-,16-,17?/m1/s1. The van der Waals surface area contributed by atoms with Gasteiger partial charge in [0, 0.05) is 18.8 Å². The van der Waals surface area contributed by atoms with E-state index >= 15 is 0 Å². The molecule has 1 amide bonds. The van der Waals surface area contributed by atoms with Crippen molar-refractivity contribution >= 4 is 17.6 Å². The lowest BCUT2D eigenvalue weighted by Gasteiger charge is -2.27. The van der Waals surface area contributed by atoms with Gasteiger partial charge in [-0.05, 0) is 17.7 Å². The molecule has 3 rings (SSSR count). The molecule has 2 aromatic carbocycles. The molecule has 0 aromatic heterocycles. The van der Waals surface area contributed by atoms with Gasteiger partial charge in [0.15, 0.2) is 0 Å². The zero-order valence-corrected chi connectivity index (χ0v) is 14.8. The summed E-state index contributed by atoms with van der Waals surface area (Å²) in [4.78, 5) is 25.6. The molecule has 8 heteroatoms. The number of carboxylic acids is 1. The zero-order valence-electron chi connectivity index (χ0n) is 14.8. The molecule has 1 aliphatic rings. The number of nitrogens with zero attached hydrogens (tertiary/aromatic N) is 1. The number of carbonyl (C=O) groups excluding carboxylic acids is 1. The highest BCUT2D eigenvalue weighted by Crippen LogP contribution is 2.41. The molecule has 0 aliphatic carbocycles. The second kappa shape index (κ2) is 8.02. The summed E-state index contributed by atoms with van der Waals surface area (Å²) in [6.07, 6.45) is -4.66. The lowest BCUT2D eigenvalue weighted by atomic mass is 9.96. The molecule has 0 spiro atoms. The topological polar surface area (TPSA) is 69.6 Å². The summed E-state index contributed by atoms with van der Waals surface area (Å²) in [5.74, 6) is -5.67. The number of rotatable bonds is 5. The summed E-state index contributed by atoms with van der Waals surface area (Å²) in [6, 6.07) is 15.9. The highest BCUT2D eigenvalue weighted by Gasteiger charge is 2.54. The van der Waals surface area contributed by atoms with Crippen LogP contribution in [0, 0.1) is 11.8 Å². The van der Waals surface area contributed by atoms with E-state index in [1.54, 1.807) is 60.7 Å². The summed E-state index contributed by atoms with van der Waals surface area (Å²) >= 11 is 0. The predicted octanol–water partition coefficient (Wildman–Crippen LogP) is 3.56. The van der Waals surface area contributed by atoms with E-state index in [0.717, 1.165) is 0 Å². The van der Waals surface area contributed by atoms with Gasteiger partial charge in [0.1, 0.15) is 6.04 Å². The summed E-state index contributed by atoms with van der Waals surface area (Å²) in [5.41, 5.74) is 1.01. The van der Waals surface area contributed by atoms with E-state index in [4.69, 9.17) is 0 Å². The summed E-state index contributed by atoms with van der Waals surface area (Å²) in [5, 5.41) is 12.0. The van der Waals surface area contributed by atoms with Crippen molar-refractivity contribution in [1.29, 1.82) is 0 Å². The summed E-state index contributed by atoms with van der Waals surface area (Å²) < 4.78 is 40.1. The van der Waals surface area contributed by atoms with Crippen LogP contribution in [0.4, 0.5) is 18.9 Å². The molecule has 0 bridgehead atoms. The van der Waals surface area contributed by atoms with Gasteiger partial charge in [-0.25, -0.2) is 0 Å². The Labute approximate surface area is 159 Å². The molecule has 1 unspecified atom stereocenters. The Morgan fingerprint density at radius 1 is 1.00 bits per heavy atom. The van der Waals surface area contributed by atoms with E-state index in [1.807, 2.05) is 0 Å². The minimum atomic E-state index is -4.66. The highest BCUT2D eigenvalue weighted by atomic mass is 19.4. The maximum absolute atomic E-state index is 13.4. The number of nitrogens with one attached hydrogen (secondary N) is 1. The average Bonchev–Trinajstić information content (AvgIpc) is 3.09. The van der Waals surface area contributed by atoms with Crippen molar-refractivity contribution in [3.8, 4) is 0 Å². The Morgan fingerprint density at radius 3 is 2.07 bits per heavy atom. The van der Waals surface area contributed by atoms with Crippen molar-refractivity contribution in [2.24, 2.45) is 11.8 Å². The van der Waals surface area contributed by atoms with Crippen LogP contribution < -0.4 is 5.32 Å². The number of aliphatic carboxylic acids is 1. The Balaban J connectivity index is 1.91. The van der Waals surface area contributed by atoms with Crippen molar-refractivity contribution in [3.05, 3.63) is 66.2 Å². The van der Waals surface area contributed by atoms with E-state index in [9.17, 15) is 27.9 Å². The molecule has 5 nitrogen and oxygen atoms in total. The van der Waals surface area contributed by atoms with Gasteiger partial charge in [0.05, 0.1) is 11.8 Å². The molecular formula is C20H19F3N2O3. The maximum Gasteiger partial charge on any atom is 0.393 e. The van der Waals surface area contributed by atoms with Gasteiger partial charge in [-0.2, -0.15) is 13.2 Å². The van der Waals surface area contributed by atoms with Gasteiger partial charge in [-0.1, -0.05) is 48.5 Å². The fourth-order valence-electron chi connectivity index (χ4n) is 3.52. The fraction of sp³-hybridized carbons (Fsp3) is 0.300. The number of benzene rings is 2. The first-order chi connectivity index (χ1) is 13.3. The number of para-hydroxylation sites is 1. The smallest absolute Gasteiger partial charge is 0.393 e. The molecule has 1 saturated heterocycles. The molecular weight excluding hydrogens is 373 g/mol. The van der Waals surface area contributed by atoms with Crippen molar-refractivity contribution in [3.63, 3.8) is 0 Å². The Hall–Kier alpha value is -2.87. The van der Waals surface area contributed by atoms with Crippen LogP contribution in [0.15, 0.2) is 60.7 Å². The maximum atomic E-state index is 13.4. The molecule has 2 aromatic rings. The third-order valence-corrected chi connectivity index (χ3v) is 4.86. The van der Waals surface area contributed by atoms with Crippen LogP contribution in [-0.4, -0.2) is 41.1 Å². The van der Waals surface area contributed by atoms with Crippen molar-refractivity contribution < 1.29 is 27.9 Å². The highest BCUT2D eigenvalue weighted by molar-refractivity contribution is 5.95. The van der Waals surface area contributed by atoms with Crippen molar-refractivity contribution in [1.82, 2.24) is 4.90 Å². The molecule has 1 heterocycles. The normalized spacial score (nSPS) is 21.2. The van der Waals surface area contributed by atoms with Gasteiger partial charge in [0.2, 0.25) is 5.91 Å². The molecule has 0 saturated carbocycles. The number of alkyl halides is 3. The van der Waals surface area contributed by atoms with Gasteiger partial charge < -0.3 is 10.4 Å². The SMILES string of the molecule is O=C(Nc1ccccc1)C(c1ccccc1)N1C[C@@H](C(F)(F)F)[C@H](C(=O)O)C1. The quantitative estimate of drug-likeness (QED) is 0.816. The molecule has 148 valence electrons. The number of carbonyl (C=O) groups is 2. The first-order valence-corrected chi connectivity index (χ1v) is 8.72. The van der Waals surface area contributed by atoms with Crippen molar-refractivity contribution in [2.75, 3.05) is 18.4 Å². The fourth-order valence-corrected chi connectivity index (χ4v) is 3.52. The minimum Gasteiger partial charge on any atom is -0.481 e. The molecule has 1 fully saturated rings. The average molecular weight is 392 g/mol.